The van der Waals surface area contributed by atoms with Gasteiger partial charge in [0.15, 0.2) is 0 Å². The zero-order chi connectivity index (χ0) is 20.2. The molecule has 2 fully saturated rings. The Kier molecular flexibility index (Phi) is 5.96. The van der Waals surface area contributed by atoms with Crippen molar-refractivity contribution in [3.63, 3.8) is 0 Å². The molecule has 2 aliphatic rings. The van der Waals surface area contributed by atoms with Crippen molar-refractivity contribution in [3.05, 3.63) is 41.1 Å². The lowest BCUT2D eigenvalue weighted by Gasteiger charge is -2.44. The maximum Gasteiger partial charge on any atom is 0.229 e. The molecule has 0 radical (unpaired) electrons. The van der Waals surface area contributed by atoms with E-state index in [1.807, 2.05) is 38.2 Å². The van der Waals surface area contributed by atoms with E-state index in [4.69, 9.17) is 4.98 Å². The lowest BCUT2D eigenvalue weighted by Crippen LogP contribution is -2.49. The Bertz CT molecular complexity index is 901. The van der Waals surface area contributed by atoms with Gasteiger partial charge < -0.3 is 15.5 Å². The number of hydrogen-bond acceptors (Lipinski definition) is 6. The second kappa shape index (κ2) is 8.79. The first kappa shape index (κ1) is 19.7. The Morgan fingerprint density at radius 3 is 2.86 bits per heavy atom. The van der Waals surface area contributed by atoms with Crippen LogP contribution in [0.4, 0.5) is 17.5 Å². The van der Waals surface area contributed by atoms with E-state index < -0.39 is 0 Å². The van der Waals surface area contributed by atoms with E-state index >= 15 is 0 Å². The molecule has 4 rings (SSSR count). The average Bonchev–Trinajstić information content (AvgIpc) is 2.75. The normalized spacial score (nSPS) is 21.8. The molecule has 2 atom stereocenters. The number of aromatic nitrogens is 2. The van der Waals surface area contributed by atoms with Crippen LogP contribution in [0.15, 0.2) is 24.4 Å². The second-order valence-corrected chi connectivity index (χ2v) is 8.37. The van der Waals surface area contributed by atoms with Crippen molar-refractivity contribution in [3.8, 4) is 6.07 Å². The number of rotatable bonds is 5. The molecule has 1 unspecified atom stereocenters. The average molecular weight is 391 g/mol. The molecule has 0 amide bonds. The topological polar surface area (TPSA) is 76.9 Å². The molecule has 2 aromatic rings. The summed E-state index contributed by atoms with van der Waals surface area (Å²) in [6, 6.07) is 8.67. The number of benzene rings is 1. The van der Waals surface area contributed by atoms with Gasteiger partial charge >= 0.3 is 0 Å². The van der Waals surface area contributed by atoms with E-state index in [0.717, 1.165) is 35.2 Å². The lowest BCUT2D eigenvalue weighted by atomic mass is 9.83. The molecule has 0 saturated carbocycles. The third-order valence-corrected chi connectivity index (χ3v) is 6.35. The quantitative estimate of drug-likeness (QED) is 0.789. The van der Waals surface area contributed by atoms with Crippen LogP contribution in [0.1, 0.15) is 48.8 Å². The van der Waals surface area contributed by atoms with E-state index in [-0.39, 0.29) is 0 Å². The van der Waals surface area contributed by atoms with Crippen LogP contribution >= 0.6 is 0 Å². The van der Waals surface area contributed by atoms with Gasteiger partial charge in [-0.2, -0.15) is 10.2 Å². The number of hydrogen-bond donors (Lipinski definition) is 2. The first-order chi connectivity index (χ1) is 14.1. The monoisotopic (exact) mass is 390 g/mol. The molecule has 0 spiro atoms. The number of piperidine rings is 2. The summed E-state index contributed by atoms with van der Waals surface area (Å²) in [5.74, 6) is 2.13. The molecule has 0 aliphatic carbocycles. The van der Waals surface area contributed by atoms with Gasteiger partial charge in [0.1, 0.15) is 5.82 Å². The third-order valence-electron chi connectivity index (χ3n) is 6.35. The van der Waals surface area contributed by atoms with Gasteiger partial charge in [-0.3, -0.25) is 0 Å². The highest BCUT2D eigenvalue weighted by Gasteiger charge is 2.32. The van der Waals surface area contributed by atoms with Gasteiger partial charge in [0.05, 0.1) is 11.6 Å². The van der Waals surface area contributed by atoms with Gasteiger partial charge in [0, 0.05) is 30.0 Å². The zero-order valence-electron chi connectivity index (χ0n) is 17.4. The Balaban J connectivity index is 1.44. The minimum Gasteiger partial charge on any atom is -0.369 e. The van der Waals surface area contributed by atoms with Gasteiger partial charge in [-0.15, -0.1) is 0 Å². The van der Waals surface area contributed by atoms with E-state index in [0.29, 0.717) is 17.4 Å². The van der Waals surface area contributed by atoms with Crippen LogP contribution in [0, 0.1) is 31.1 Å². The van der Waals surface area contributed by atoms with E-state index in [9.17, 15) is 5.26 Å². The van der Waals surface area contributed by atoms with Crippen LogP contribution in [0.5, 0.6) is 0 Å². The highest BCUT2D eigenvalue weighted by molar-refractivity contribution is 5.59. The van der Waals surface area contributed by atoms with Crippen molar-refractivity contribution in [1.82, 2.24) is 14.9 Å². The van der Waals surface area contributed by atoms with Crippen LogP contribution in [0.3, 0.4) is 0 Å². The fraction of sp³-hybridized carbons (Fsp3) is 0.522. The standard InChI is InChI=1S/C23H30N6/c1-16-8-9-20(12-19(16)13-24)27-23-26-14-17(2)22(28-23)25-15-18-6-5-11-29-10-4-3-7-21(18)29/h8-9,12,14,18,21H,3-7,10-11,15H2,1-2H3,(H2,25,26,27,28)/t18-,21?/m0/s1. The summed E-state index contributed by atoms with van der Waals surface area (Å²) in [4.78, 5) is 11.8. The molecule has 29 heavy (non-hydrogen) atoms. The first-order valence-electron chi connectivity index (χ1n) is 10.7. The molecule has 0 bridgehead atoms. The minimum atomic E-state index is 0.550. The van der Waals surface area contributed by atoms with Gasteiger partial charge in [-0.05, 0) is 76.2 Å². The molecule has 6 heteroatoms. The predicted molar refractivity (Wildman–Crippen MR) is 116 cm³/mol. The molecule has 6 nitrogen and oxygen atoms in total. The van der Waals surface area contributed by atoms with Crippen molar-refractivity contribution in [1.29, 1.82) is 5.26 Å². The van der Waals surface area contributed by atoms with Crippen LogP contribution in [0.25, 0.3) is 0 Å². The summed E-state index contributed by atoms with van der Waals surface area (Å²) in [6.45, 7) is 7.47. The van der Waals surface area contributed by atoms with Crippen LogP contribution in [-0.4, -0.2) is 40.5 Å². The van der Waals surface area contributed by atoms with Crippen LogP contribution < -0.4 is 10.6 Å². The van der Waals surface area contributed by atoms with Crippen molar-refractivity contribution >= 4 is 17.5 Å². The smallest absolute Gasteiger partial charge is 0.229 e. The minimum absolute atomic E-state index is 0.550. The molecule has 2 N–H and O–H groups in total. The highest BCUT2D eigenvalue weighted by Crippen LogP contribution is 2.31. The van der Waals surface area contributed by atoms with Gasteiger partial charge in [0.2, 0.25) is 5.95 Å². The summed E-state index contributed by atoms with van der Waals surface area (Å²) >= 11 is 0. The number of nitriles is 1. The largest absolute Gasteiger partial charge is 0.369 e. The molecular weight excluding hydrogens is 360 g/mol. The fourth-order valence-corrected chi connectivity index (χ4v) is 4.67. The number of nitrogens with zero attached hydrogens (tertiary/aromatic N) is 4. The molecule has 2 saturated heterocycles. The van der Waals surface area contributed by atoms with Crippen LogP contribution in [0.2, 0.25) is 0 Å². The van der Waals surface area contributed by atoms with E-state index in [1.165, 1.54) is 45.2 Å². The maximum absolute atomic E-state index is 9.24. The van der Waals surface area contributed by atoms with E-state index in [2.05, 4.69) is 26.6 Å². The zero-order valence-corrected chi connectivity index (χ0v) is 17.4. The molecular formula is C23H30N6. The summed E-state index contributed by atoms with van der Waals surface area (Å²) in [6.07, 6.45) is 8.49. The molecule has 152 valence electrons. The number of nitrogens with one attached hydrogen (secondary N) is 2. The summed E-state index contributed by atoms with van der Waals surface area (Å²) in [7, 11) is 0. The molecule has 3 heterocycles. The van der Waals surface area contributed by atoms with E-state index in [1.54, 1.807) is 0 Å². The van der Waals surface area contributed by atoms with Crippen LogP contribution in [-0.2, 0) is 0 Å². The third kappa shape index (κ3) is 4.51. The first-order valence-corrected chi connectivity index (χ1v) is 10.7. The Morgan fingerprint density at radius 1 is 1.14 bits per heavy atom. The maximum atomic E-state index is 9.24. The van der Waals surface area contributed by atoms with Crippen molar-refractivity contribution < 1.29 is 0 Å². The lowest BCUT2D eigenvalue weighted by molar-refractivity contribution is 0.0649. The van der Waals surface area contributed by atoms with Crippen molar-refractivity contribution in [2.75, 3.05) is 30.3 Å². The van der Waals surface area contributed by atoms with Crippen molar-refractivity contribution in [2.45, 2.75) is 52.0 Å². The second-order valence-electron chi connectivity index (χ2n) is 8.37. The predicted octanol–water partition coefficient (Wildman–Crippen LogP) is 4.39. The molecule has 1 aromatic heterocycles. The number of aryl methyl sites for hydroxylation is 2. The highest BCUT2D eigenvalue weighted by atomic mass is 15.2. The summed E-state index contributed by atoms with van der Waals surface area (Å²) in [5, 5.41) is 16.1. The van der Waals surface area contributed by atoms with Crippen molar-refractivity contribution in [2.24, 2.45) is 5.92 Å². The molecule has 1 aromatic carbocycles. The Hall–Kier alpha value is -2.65. The van der Waals surface area contributed by atoms with Gasteiger partial charge in [0.25, 0.3) is 0 Å². The van der Waals surface area contributed by atoms with Gasteiger partial charge in [-0.25, -0.2) is 4.98 Å². The SMILES string of the molecule is Cc1ccc(Nc2ncc(C)c(NC[C@@H]3CCCN4CCCCC34)n2)cc1C#N. The summed E-state index contributed by atoms with van der Waals surface area (Å²) in [5.41, 5.74) is 3.50. The number of fused-ring (bicyclic) bond motifs is 1. The fourth-order valence-electron chi connectivity index (χ4n) is 4.67. The number of anilines is 3. The Labute approximate surface area is 173 Å². The van der Waals surface area contributed by atoms with Gasteiger partial charge in [-0.1, -0.05) is 12.5 Å². The Morgan fingerprint density at radius 2 is 2.00 bits per heavy atom. The summed E-state index contributed by atoms with van der Waals surface area (Å²) < 4.78 is 0. The molecule has 2 aliphatic heterocycles.